The summed E-state index contributed by atoms with van der Waals surface area (Å²) in [4.78, 5) is 32.5. The summed E-state index contributed by atoms with van der Waals surface area (Å²) < 4.78 is 1.97. The minimum Gasteiger partial charge on any atom is -0.346 e. The lowest BCUT2D eigenvalue weighted by molar-refractivity contribution is -0.133. The summed E-state index contributed by atoms with van der Waals surface area (Å²) in [6, 6.07) is 17.9. The third kappa shape index (κ3) is 5.62. The van der Waals surface area contributed by atoms with E-state index in [1.165, 1.54) is 19.3 Å². The number of benzene rings is 2. The Kier molecular flexibility index (Phi) is 7.43. The summed E-state index contributed by atoms with van der Waals surface area (Å²) in [5.74, 6) is 0.791. The number of carbonyl (C=O) groups is 2. The largest absolute Gasteiger partial charge is 0.346 e. The number of hydrogen-bond acceptors (Lipinski definition) is 3. The summed E-state index contributed by atoms with van der Waals surface area (Å²) in [7, 11) is 1.92. The van der Waals surface area contributed by atoms with E-state index in [2.05, 4.69) is 5.32 Å². The number of aromatic nitrogens is 2. The first-order valence-electron chi connectivity index (χ1n) is 12.1. The molecule has 0 aliphatic heterocycles. The first-order chi connectivity index (χ1) is 16.0. The molecule has 2 amide bonds. The van der Waals surface area contributed by atoms with Crippen LogP contribution in [0.25, 0.3) is 11.0 Å². The molecule has 2 aromatic carbocycles. The molecule has 1 aromatic heterocycles. The topological polar surface area (TPSA) is 67.2 Å². The van der Waals surface area contributed by atoms with Crippen LogP contribution in [0.1, 0.15) is 62.9 Å². The van der Waals surface area contributed by atoms with Gasteiger partial charge in [0.1, 0.15) is 12.4 Å². The maximum atomic E-state index is 13.2. The maximum Gasteiger partial charge on any atom is 0.242 e. The van der Waals surface area contributed by atoms with Gasteiger partial charge in [0.15, 0.2) is 0 Å². The van der Waals surface area contributed by atoms with Gasteiger partial charge in [-0.3, -0.25) is 9.59 Å². The van der Waals surface area contributed by atoms with Crippen molar-refractivity contribution in [3.8, 4) is 0 Å². The molecular formula is C27H34N4O2. The highest BCUT2D eigenvalue weighted by Gasteiger charge is 2.25. The monoisotopic (exact) mass is 446 g/mol. The molecule has 1 saturated carbocycles. The number of para-hydroxylation sites is 2. The second kappa shape index (κ2) is 10.6. The second-order valence-corrected chi connectivity index (χ2v) is 9.12. The van der Waals surface area contributed by atoms with Crippen molar-refractivity contribution in [2.75, 3.05) is 7.05 Å². The van der Waals surface area contributed by atoms with Crippen LogP contribution in [0.5, 0.6) is 0 Å². The SMILES string of the molecule is CC(NC(=O)CCc1ccccc1)c1nc2ccccc2n1CC(=O)N(C)C1CCCCC1. The Morgan fingerprint density at radius 1 is 1.06 bits per heavy atom. The van der Waals surface area contributed by atoms with Gasteiger partial charge in [-0.1, -0.05) is 61.7 Å². The predicted molar refractivity (Wildman–Crippen MR) is 131 cm³/mol. The van der Waals surface area contributed by atoms with E-state index in [4.69, 9.17) is 4.98 Å². The predicted octanol–water partition coefficient (Wildman–Crippen LogP) is 4.64. The minimum atomic E-state index is -0.298. The number of amides is 2. The number of aryl methyl sites for hydroxylation is 1. The van der Waals surface area contributed by atoms with Crippen molar-refractivity contribution >= 4 is 22.8 Å². The van der Waals surface area contributed by atoms with E-state index in [0.29, 0.717) is 18.9 Å². The Labute approximate surface area is 196 Å². The Balaban J connectivity index is 1.48. The number of fused-ring (bicyclic) bond motifs is 1. The summed E-state index contributed by atoms with van der Waals surface area (Å²) in [5, 5.41) is 3.09. The van der Waals surface area contributed by atoms with Crippen molar-refractivity contribution in [3.05, 3.63) is 66.0 Å². The molecule has 1 unspecified atom stereocenters. The van der Waals surface area contributed by atoms with Gasteiger partial charge in [-0.15, -0.1) is 0 Å². The van der Waals surface area contributed by atoms with Crippen LogP contribution in [0.15, 0.2) is 54.6 Å². The molecule has 0 radical (unpaired) electrons. The number of imidazole rings is 1. The van der Waals surface area contributed by atoms with Crippen molar-refractivity contribution in [1.82, 2.24) is 19.8 Å². The van der Waals surface area contributed by atoms with Gasteiger partial charge in [0, 0.05) is 19.5 Å². The lowest BCUT2D eigenvalue weighted by Gasteiger charge is -2.31. The van der Waals surface area contributed by atoms with Gasteiger partial charge in [0.25, 0.3) is 0 Å². The molecule has 1 N–H and O–H groups in total. The van der Waals surface area contributed by atoms with E-state index in [1.807, 2.05) is 78.0 Å². The summed E-state index contributed by atoms with van der Waals surface area (Å²) in [6.45, 7) is 2.17. The number of hydrogen-bond donors (Lipinski definition) is 1. The zero-order valence-electron chi connectivity index (χ0n) is 19.7. The molecular weight excluding hydrogens is 412 g/mol. The smallest absolute Gasteiger partial charge is 0.242 e. The standard InChI is InChI=1S/C27H34N4O2/c1-20(28-25(32)18-17-21-11-5-3-6-12-21)27-29-23-15-9-10-16-24(23)31(27)19-26(33)30(2)22-13-7-4-8-14-22/h3,5-6,9-12,15-16,20,22H,4,7-8,13-14,17-19H2,1-2H3,(H,28,32). The molecule has 1 heterocycles. The van der Waals surface area contributed by atoms with Crippen molar-refractivity contribution in [1.29, 1.82) is 0 Å². The molecule has 0 spiro atoms. The lowest BCUT2D eigenvalue weighted by atomic mass is 9.94. The van der Waals surface area contributed by atoms with E-state index in [1.54, 1.807) is 0 Å². The second-order valence-electron chi connectivity index (χ2n) is 9.12. The van der Waals surface area contributed by atoms with Gasteiger partial charge >= 0.3 is 0 Å². The molecule has 4 rings (SSSR count). The first-order valence-corrected chi connectivity index (χ1v) is 12.1. The molecule has 33 heavy (non-hydrogen) atoms. The number of rotatable bonds is 8. The lowest BCUT2D eigenvalue weighted by Crippen LogP contribution is -2.40. The number of nitrogens with zero attached hydrogens (tertiary/aromatic N) is 3. The fourth-order valence-corrected chi connectivity index (χ4v) is 4.79. The molecule has 3 aromatic rings. The third-order valence-electron chi connectivity index (χ3n) is 6.74. The fourth-order valence-electron chi connectivity index (χ4n) is 4.79. The quantitative estimate of drug-likeness (QED) is 0.548. The van der Waals surface area contributed by atoms with Crippen LogP contribution in [-0.4, -0.2) is 39.4 Å². The van der Waals surface area contributed by atoms with Gasteiger partial charge in [-0.25, -0.2) is 4.98 Å². The van der Waals surface area contributed by atoms with E-state index >= 15 is 0 Å². The average Bonchev–Trinajstić information content (AvgIpc) is 3.22. The minimum absolute atomic E-state index is 0.0180. The molecule has 1 atom stereocenters. The zero-order valence-corrected chi connectivity index (χ0v) is 19.7. The van der Waals surface area contributed by atoms with Gasteiger partial charge < -0.3 is 14.8 Å². The fraction of sp³-hybridized carbons (Fsp3) is 0.444. The van der Waals surface area contributed by atoms with Crippen LogP contribution in [0, 0.1) is 0 Å². The maximum absolute atomic E-state index is 13.2. The highest BCUT2D eigenvalue weighted by molar-refractivity contribution is 5.82. The summed E-state index contributed by atoms with van der Waals surface area (Å²) >= 11 is 0. The Morgan fingerprint density at radius 3 is 2.52 bits per heavy atom. The molecule has 1 aliphatic carbocycles. The molecule has 0 saturated heterocycles. The Hall–Kier alpha value is -3.15. The van der Waals surface area contributed by atoms with Crippen LogP contribution in [0.4, 0.5) is 0 Å². The summed E-state index contributed by atoms with van der Waals surface area (Å²) in [6.07, 6.45) is 6.90. The van der Waals surface area contributed by atoms with E-state index in [-0.39, 0.29) is 24.4 Å². The van der Waals surface area contributed by atoms with Crippen LogP contribution < -0.4 is 5.32 Å². The molecule has 0 bridgehead atoms. The number of likely N-dealkylation sites (N-methyl/N-ethyl adjacent to an activating group) is 1. The zero-order chi connectivity index (χ0) is 23.2. The molecule has 1 aliphatic rings. The molecule has 6 heteroatoms. The first kappa shape index (κ1) is 23.0. The Morgan fingerprint density at radius 2 is 1.76 bits per heavy atom. The highest BCUT2D eigenvalue weighted by Crippen LogP contribution is 2.24. The number of carbonyl (C=O) groups excluding carboxylic acids is 2. The molecule has 174 valence electrons. The van der Waals surface area contributed by atoms with E-state index < -0.39 is 0 Å². The van der Waals surface area contributed by atoms with Gasteiger partial charge in [0.05, 0.1) is 17.1 Å². The molecule has 6 nitrogen and oxygen atoms in total. The van der Waals surface area contributed by atoms with Gasteiger partial charge in [-0.2, -0.15) is 0 Å². The van der Waals surface area contributed by atoms with Crippen molar-refractivity contribution in [3.63, 3.8) is 0 Å². The highest BCUT2D eigenvalue weighted by atomic mass is 16.2. The van der Waals surface area contributed by atoms with Crippen LogP contribution in [0.2, 0.25) is 0 Å². The average molecular weight is 447 g/mol. The van der Waals surface area contributed by atoms with Gasteiger partial charge in [0.2, 0.25) is 11.8 Å². The van der Waals surface area contributed by atoms with Gasteiger partial charge in [-0.05, 0) is 43.9 Å². The van der Waals surface area contributed by atoms with Crippen LogP contribution in [-0.2, 0) is 22.6 Å². The van der Waals surface area contributed by atoms with E-state index in [9.17, 15) is 9.59 Å². The normalized spacial score (nSPS) is 15.3. The third-order valence-corrected chi connectivity index (χ3v) is 6.74. The van der Waals surface area contributed by atoms with Crippen molar-refractivity contribution in [2.45, 2.75) is 70.5 Å². The van der Waals surface area contributed by atoms with Crippen LogP contribution in [0.3, 0.4) is 0 Å². The number of nitrogens with one attached hydrogen (secondary N) is 1. The van der Waals surface area contributed by atoms with E-state index in [0.717, 1.165) is 35.3 Å². The van der Waals surface area contributed by atoms with Crippen molar-refractivity contribution < 1.29 is 9.59 Å². The van der Waals surface area contributed by atoms with Crippen molar-refractivity contribution in [2.24, 2.45) is 0 Å². The summed E-state index contributed by atoms with van der Waals surface area (Å²) in [5.41, 5.74) is 2.90. The Bertz CT molecular complexity index is 1090. The van der Waals surface area contributed by atoms with Crippen LogP contribution >= 0.6 is 0 Å². The molecule has 1 fully saturated rings.